The van der Waals surface area contributed by atoms with Gasteiger partial charge in [0.2, 0.25) is 0 Å². The van der Waals surface area contributed by atoms with Crippen molar-refractivity contribution in [1.82, 2.24) is 5.32 Å². The molecule has 0 aliphatic heterocycles. The predicted molar refractivity (Wildman–Crippen MR) is 139 cm³/mol. The number of halogens is 1. The number of benzene rings is 3. The minimum atomic E-state index is -0.913. The molecule has 3 rings (SSSR count). The molecule has 0 fully saturated rings. The Balaban J connectivity index is 1.48. The quantitative estimate of drug-likeness (QED) is 0.289. The molecular weight excluding hydrogens is 441 g/mol. The van der Waals surface area contributed by atoms with E-state index in [-0.39, 0.29) is 11.4 Å². The summed E-state index contributed by atoms with van der Waals surface area (Å²) in [6.45, 7) is 9.96. The highest BCUT2D eigenvalue weighted by Gasteiger charge is 2.18. The Morgan fingerprint density at radius 3 is 2.51 bits per heavy atom. The second-order valence-electron chi connectivity index (χ2n) is 9.66. The van der Waals surface area contributed by atoms with Crippen molar-refractivity contribution in [3.8, 4) is 11.1 Å². The number of aryl methyl sites for hydroxylation is 2. The van der Waals surface area contributed by atoms with Gasteiger partial charge in [-0.25, -0.2) is 9.18 Å². The molecule has 0 amide bonds. The fraction of sp³-hybridized carbons (Fsp3) is 0.367. The Labute approximate surface area is 208 Å². The lowest BCUT2D eigenvalue weighted by molar-refractivity contribution is 0.0696. The van der Waals surface area contributed by atoms with Gasteiger partial charge in [-0.05, 0) is 92.1 Å². The molecule has 0 bridgehead atoms. The van der Waals surface area contributed by atoms with E-state index in [0.717, 1.165) is 52.8 Å². The summed E-state index contributed by atoms with van der Waals surface area (Å²) >= 11 is 0. The van der Waals surface area contributed by atoms with Crippen molar-refractivity contribution in [3.63, 3.8) is 0 Å². The zero-order valence-electron chi connectivity index (χ0n) is 21.2. The van der Waals surface area contributed by atoms with Gasteiger partial charge in [-0.15, -0.1) is 0 Å². The minimum absolute atomic E-state index is 0.123. The Bertz CT molecular complexity index is 1160. The lowest BCUT2D eigenvalue weighted by atomic mass is 9.94. The summed E-state index contributed by atoms with van der Waals surface area (Å²) in [6, 6.07) is 19.0. The van der Waals surface area contributed by atoms with E-state index in [1.807, 2.05) is 62.4 Å². The van der Waals surface area contributed by atoms with E-state index in [2.05, 4.69) is 19.2 Å². The second kappa shape index (κ2) is 12.1. The molecule has 4 nitrogen and oxygen atoms in total. The number of hydrogen-bond donors (Lipinski definition) is 2. The van der Waals surface area contributed by atoms with Crippen molar-refractivity contribution in [3.05, 3.63) is 94.3 Å². The molecule has 0 saturated carbocycles. The third-order valence-corrected chi connectivity index (χ3v) is 6.26. The lowest BCUT2D eigenvalue weighted by Gasteiger charge is -2.27. The molecule has 0 aromatic heterocycles. The molecule has 0 aliphatic carbocycles. The van der Waals surface area contributed by atoms with Gasteiger partial charge in [-0.1, -0.05) is 55.5 Å². The van der Waals surface area contributed by atoms with Gasteiger partial charge >= 0.3 is 5.97 Å². The van der Waals surface area contributed by atoms with Crippen LogP contribution in [0.25, 0.3) is 11.1 Å². The number of ether oxygens (including phenoxy) is 1. The number of carboxylic acids is 1. The number of carbonyl (C=O) groups is 1. The number of rotatable bonds is 12. The first kappa shape index (κ1) is 26.6. The van der Waals surface area contributed by atoms with Crippen LogP contribution in [0, 0.1) is 12.7 Å². The van der Waals surface area contributed by atoms with E-state index < -0.39 is 5.97 Å². The molecule has 35 heavy (non-hydrogen) atoms. The highest BCUT2D eigenvalue weighted by molar-refractivity contribution is 5.90. The van der Waals surface area contributed by atoms with E-state index in [0.29, 0.717) is 25.2 Å². The van der Waals surface area contributed by atoms with Crippen LogP contribution in [0.5, 0.6) is 0 Å². The maximum atomic E-state index is 14.1. The summed E-state index contributed by atoms with van der Waals surface area (Å²) in [7, 11) is 0. The predicted octanol–water partition coefficient (Wildman–Crippen LogP) is 6.58. The molecule has 0 unspecified atom stereocenters. The smallest absolute Gasteiger partial charge is 0.335 e. The molecular formula is C30H36FNO3. The molecule has 3 aromatic rings. The van der Waals surface area contributed by atoms with Crippen molar-refractivity contribution in [1.29, 1.82) is 0 Å². The standard InChI is InChI=1S/C30H36FNO3/c1-5-23-12-11-22(18-28(23)31)19-30(3,4)32-15-8-16-35-20-25-9-6-7-10-27(25)24-13-14-26(29(33)34)21(2)17-24/h6-7,9-14,17-18,32H,5,8,15-16,19-20H2,1-4H3,(H,33,34). The van der Waals surface area contributed by atoms with Crippen LogP contribution in [0.2, 0.25) is 0 Å². The van der Waals surface area contributed by atoms with Crippen LogP contribution in [0.4, 0.5) is 4.39 Å². The lowest BCUT2D eigenvalue weighted by Crippen LogP contribution is -2.42. The van der Waals surface area contributed by atoms with Gasteiger partial charge in [0, 0.05) is 12.1 Å². The summed E-state index contributed by atoms with van der Waals surface area (Å²) in [4.78, 5) is 11.3. The Morgan fingerprint density at radius 2 is 1.83 bits per heavy atom. The van der Waals surface area contributed by atoms with Crippen LogP contribution in [-0.4, -0.2) is 29.8 Å². The van der Waals surface area contributed by atoms with Crippen molar-refractivity contribution >= 4 is 5.97 Å². The number of aromatic carboxylic acids is 1. The molecule has 0 heterocycles. The number of carboxylic acid groups (broad SMARTS) is 1. The number of nitrogens with one attached hydrogen (secondary N) is 1. The molecule has 0 saturated heterocycles. The molecule has 0 aliphatic rings. The monoisotopic (exact) mass is 477 g/mol. The highest BCUT2D eigenvalue weighted by atomic mass is 19.1. The fourth-order valence-corrected chi connectivity index (χ4v) is 4.34. The SMILES string of the molecule is CCc1ccc(CC(C)(C)NCCCOCc2ccccc2-c2ccc(C(=O)O)c(C)c2)cc1F. The Morgan fingerprint density at radius 1 is 1.06 bits per heavy atom. The average molecular weight is 478 g/mol. The Hall–Kier alpha value is -3.02. The van der Waals surface area contributed by atoms with Gasteiger partial charge in [0.15, 0.2) is 0 Å². The molecule has 0 atom stereocenters. The topological polar surface area (TPSA) is 58.6 Å². The average Bonchev–Trinajstić information content (AvgIpc) is 2.81. The van der Waals surface area contributed by atoms with E-state index in [4.69, 9.17) is 4.74 Å². The zero-order valence-corrected chi connectivity index (χ0v) is 21.2. The minimum Gasteiger partial charge on any atom is -0.478 e. The van der Waals surface area contributed by atoms with Crippen LogP contribution in [0.1, 0.15) is 59.8 Å². The van der Waals surface area contributed by atoms with Crippen molar-refractivity contribution < 1.29 is 19.0 Å². The fourth-order valence-electron chi connectivity index (χ4n) is 4.34. The molecule has 2 N–H and O–H groups in total. The summed E-state index contributed by atoms with van der Waals surface area (Å²) in [5, 5.41) is 12.8. The molecule has 0 spiro atoms. The first-order valence-electron chi connectivity index (χ1n) is 12.2. The van der Waals surface area contributed by atoms with Gasteiger partial charge in [0.1, 0.15) is 5.82 Å². The van der Waals surface area contributed by atoms with E-state index >= 15 is 0 Å². The summed E-state index contributed by atoms with van der Waals surface area (Å²) < 4.78 is 20.1. The van der Waals surface area contributed by atoms with Gasteiger partial charge in [0.05, 0.1) is 12.2 Å². The molecule has 3 aromatic carbocycles. The van der Waals surface area contributed by atoms with Gasteiger partial charge in [-0.2, -0.15) is 0 Å². The highest BCUT2D eigenvalue weighted by Crippen LogP contribution is 2.26. The van der Waals surface area contributed by atoms with Crippen molar-refractivity contribution in [2.75, 3.05) is 13.2 Å². The van der Waals surface area contributed by atoms with Gasteiger partial charge in [0.25, 0.3) is 0 Å². The van der Waals surface area contributed by atoms with Gasteiger partial charge in [-0.3, -0.25) is 0 Å². The van der Waals surface area contributed by atoms with Crippen LogP contribution in [-0.2, 0) is 24.2 Å². The van der Waals surface area contributed by atoms with Crippen molar-refractivity contribution in [2.24, 2.45) is 0 Å². The van der Waals surface area contributed by atoms with Crippen LogP contribution >= 0.6 is 0 Å². The summed E-state index contributed by atoms with van der Waals surface area (Å²) in [6.07, 6.45) is 2.32. The van der Waals surface area contributed by atoms with E-state index in [9.17, 15) is 14.3 Å². The maximum Gasteiger partial charge on any atom is 0.335 e. The largest absolute Gasteiger partial charge is 0.478 e. The first-order valence-corrected chi connectivity index (χ1v) is 12.2. The summed E-state index contributed by atoms with van der Waals surface area (Å²) in [5.74, 6) is -1.04. The normalized spacial score (nSPS) is 11.6. The first-order chi connectivity index (χ1) is 16.7. The molecule has 0 radical (unpaired) electrons. The second-order valence-corrected chi connectivity index (χ2v) is 9.66. The van der Waals surface area contributed by atoms with E-state index in [1.165, 1.54) is 0 Å². The number of hydrogen-bond acceptors (Lipinski definition) is 3. The Kier molecular flexibility index (Phi) is 9.19. The van der Waals surface area contributed by atoms with Crippen LogP contribution < -0.4 is 5.32 Å². The van der Waals surface area contributed by atoms with E-state index in [1.54, 1.807) is 12.1 Å². The third-order valence-electron chi connectivity index (χ3n) is 6.26. The van der Waals surface area contributed by atoms with Gasteiger partial charge < -0.3 is 15.2 Å². The molecule has 5 heteroatoms. The summed E-state index contributed by atoms with van der Waals surface area (Å²) in [5.41, 5.74) is 5.77. The van der Waals surface area contributed by atoms with Crippen molar-refractivity contribution in [2.45, 2.75) is 59.1 Å². The van der Waals surface area contributed by atoms with Crippen LogP contribution in [0.3, 0.4) is 0 Å². The maximum absolute atomic E-state index is 14.1. The molecule has 186 valence electrons. The zero-order chi connectivity index (χ0) is 25.4. The third kappa shape index (κ3) is 7.48. The van der Waals surface area contributed by atoms with Crippen LogP contribution in [0.15, 0.2) is 60.7 Å².